The van der Waals surface area contributed by atoms with Gasteiger partial charge in [-0.25, -0.2) is 9.86 Å². The number of ether oxygens (including phenoxy) is 1. The van der Waals surface area contributed by atoms with E-state index >= 15 is 0 Å². The van der Waals surface area contributed by atoms with Gasteiger partial charge in [-0.2, -0.15) is 13.2 Å². The minimum Gasteiger partial charge on any atom is -0.475 e. The summed E-state index contributed by atoms with van der Waals surface area (Å²) in [6.07, 6.45) is 1.08. The maximum absolute atomic E-state index is 12.5. The Morgan fingerprint density at radius 2 is 1.97 bits per heavy atom. The Hall–Kier alpha value is -2.11. The van der Waals surface area contributed by atoms with Crippen LogP contribution in [0.4, 0.5) is 13.2 Å². The predicted octanol–water partition coefficient (Wildman–Crippen LogP) is 2.55. The summed E-state index contributed by atoms with van der Waals surface area (Å²) in [5.41, 5.74) is 1.21. The van der Waals surface area contributed by atoms with Gasteiger partial charge in [0.25, 0.3) is 0 Å². The number of amides is 1. The van der Waals surface area contributed by atoms with Gasteiger partial charge in [0, 0.05) is 38.2 Å². The molecule has 1 aromatic rings. The number of alkyl halides is 3. The summed E-state index contributed by atoms with van der Waals surface area (Å²) in [5, 5.41) is 8.70. The van der Waals surface area contributed by atoms with E-state index in [1.807, 2.05) is 12.3 Å². The van der Waals surface area contributed by atoms with E-state index in [-0.39, 0.29) is 5.91 Å². The van der Waals surface area contributed by atoms with Crippen molar-refractivity contribution in [3.05, 3.63) is 24.2 Å². The van der Waals surface area contributed by atoms with Crippen molar-refractivity contribution >= 4 is 11.9 Å². The molecule has 3 saturated heterocycles. The van der Waals surface area contributed by atoms with Crippen molar-refractivity contribution in [1.82, 2.24) is 9.96 Å². The number of halogens is 3. The van der Waals surface area contributed by atoms with Crippen molar-refractivity contribution in [2.24, 2.45) is 17.8 Å². The molecule has 3 aliphatic rings. The molecule has 4 rings (SSSR count). The summed E-state index contributed by atoms with van der Waals surface area (Å²) in [5.74, 6) is -1.26. The van der Waals surface area contributed by atoms with Gasteiger partial charge in [0.1, 0.15) is 0 Å². The molecule has 11 heteroatoms. The summed E-state index contributed by atoms with van der Waals surface area (Å²) < 4.78 is 42.7. The lowest BCUT2D eigenvalue weighted by Crippen LogP contribution is -2.41. The molecule has 0 saturated carbocycles. The molecule has 31 heavy (non-hydrogen) atoms. The molecule has 3 fully saturated rings. The van der Waals surface area contributed by atoms with Crippen molar-refractivity contribution in [2.75, 3.05) is 39.5 Å². The highest BCUT2D eigenvalue weighted by atomic mass is 19.4. The predicted molar refractivity (Wildman–Crippen MR) is 100 cm³/mol. The Labute approximate surface area is 177 Å². The third-order valence-corrected chi connectivity index (χ3v) is 5.78. The van der Waals surface area contributed by atoms with Crippen LogP contribution in [-0.4, -0.2) is 72.6 Å². The van der Waals surface area contributed by atoms with Gasteiger partial charge < -0.3 is 14.3 Å². The summed E-state index contributed by atoms with van der Waals surface area (Å²) in [7, 11) is 0. The van der Waals surface area contributed by atoms with E-state index in [0.717, 1.165) is 45.6 Å². The quantitative estimate of drug-likeness (QED) is 0.757. The van der Waals surface area contributed by atoms with Crippen LogP contribution in [0.3, 0.4) is 0 Å². The number of carboxylic acid groups (broad SMARTS) is 1. The maximum atomic E-state index is 12.5. The number of carbonyl (C=O) groups excluding carboxylic acids is 1. The SMILES string of the molecule is O=C(C[C@@H]1COC[C@H]2CN(Cc3ccoc3)C[C@@H]12)N1CCCCO1.O=C(O)C(F)(F)F. The molecule has 3 atom stereocenters. The van der Waals surface area contributed by atoms with E-state index in [1.165, 1.54) is 5.56 Å². The standard InChI is InChI=1S/C18H26N2O4.C2HF3O2/c21-18(20-4-1-2-5-24-20)7-15-12-23-13-16-9-19(10-17(15)16)8-14-3-6-22-11-14;3-2(4,5)1(6)7/h3,6,11,15-17H,1-2,4-5,7-10,12-13H2;(H,6,7)/t15-,16-,17+;/m1./s1. The number of hydrogen-bond acceptors (Lipinski definition) is 6. The van der Waals surface area contributed by atoms with Crippen LogP contribution in [0.2, 0.25) is 0 Å². The lowest BCUT2D eigenvalue weighted by atomic mass is 9.81. The minimum atomic E-state index is -5.08. The molecule has 3 aliphatic heterocycles. The molecule has 0 aliphatic carbocycles. The second kappa shape index (κ2) is 10.5. The van der Waals surface area contributed by atoms with E-state index in [9.17, 15) is 18.0 Å². The highest BCUT2D eigenvalue weighted by Crippen LogP contribution is 2.36. The lowest BCUT2D eigenvalue weighted by molar-refractivity contribution is -0.199. The van der Waals surface area contributed by atoms with Gasteiger partial charge >= 0.3 is 12.1 Å². The number of rotatable bonds is 4. The van der Waals surface area contributed by atoms with Crippen LogP contribution < -0.4 is 0 Å². The van der Waals surface area contributed by atoms with Crippen molar-refractivity contribution < 1.29 is 41.9 Å². The molecule has 8 nitrogen and oxygen atoms in total. The number of hydroxylamine groups is 2. The van der Waals surface area contributed by atoms with Crippen molar-refractivity contribution in [2.45, 2.75) is 32.0 Å². The number of hydrogen-bond donors (Lipinski definition) is 1. The van der Waals surface area contributed by atoms with Gasteiger partial charge in [-0.15, -0.1) is 0 Å². The first-order chi connectivity index (χ1) is 14.7. The Morgan fingerprint density at radius 1 is 1.19 bits per heavy atom. The number of furan rings is 1. The second-order valence-corrected chi connectivity index (χ2v) is 8.09. The van der Waals surface area contributed by atoms with Crippen molar-refractivity contribution in [3.8, 4) is 0 Å². The first kappa shape index (κ1) is 23.6. The van der Waals surface area contributed by atoms with E-state index in [0.29, 0.717) is 37.4 Å². The molecular weight excluding hydrogens is 421 g/mol. The molecule has 174 valence electrons. The molecule has 1 N–H and O–H groups in total. The fraction of sp³-hybridized carbons (Fsp3) is 0.700. The van der Waals surface area contributed by atoms with Crippen LogP contribution in [0, 0.1) is 17.8 Å². The summed E-state index contributed by atoms with van der Waals surface area (Å²) in [6.45, 7) is 5.90. The van der Waals surface area contributed by atoms with Crippen LogP contribution in [0.5, 0.6) is 0 Å². The highest BCUT2D eigenvalue weighted by molar-refractivity contribution is 5.75. The van der Waals surface area contributed by atoms with Crippen molar-refractivity contribution in [1.29, 1.82) is 0 Å². The van der Waals surface area contributed by atoms with E-state index in [1.54, 1.807) is 11.3 Å². The Bertz CT molecular complexity index is 721. The number of aliphatic carboxylic acids is 1. The molecule has 0 aromatic carbocycles. The molecule has 1 aromatic heterocycles. The maximum Gasteiger partial charge on any atom is 0.490 e. The first-order valence-corrected chi connectivity index (χ1v) is 10.3. The van der Waals surface area contributed by atoms with Crippen LogP contribution in [0.15, 0.2) is 23.0 Å². The molecule has 0 spiro atoms. The van der Waals surface area contributed by atoms with Crippen LogP contribution in [-0.2, 0) is 25.7 Å². The Kier molecular flexibility index (Phi) is 7.95. The molecule has 0 radical (unpaired) electrons. The summed E-state index contributed by atoms with van der Waals surface area (Å²) in [4.78, 5) is 29.4. The van der Waals surface area contributed by atoms with Gasteiger partial charge in [-0.3, -0.25) is 14.5 Å². The van der Waals surface area contributed by atoms with Crippen LogP contribution in [0.25, 0.3) is 0 Å². The normalized spacial score (nSPS) is 26.7. The molecular formula is C20H27F3N2O6. The smallest absolute Gasteiger partial charge is 0.475 e. The van der Waals surface area contributed by atoms with Gasteiger partial charge in [-0.05, 0) is 36.7 Å². The van der Waals surface area contributed by atoms with Gasteiger partial charge in [0.05, 0.1) is 32.3 Å². The number of carbonyl (C=O) groups is 2. The molecule has 0 unspecified atom stereocenters. The number of fused-ring (bicyclic) bond motifs is 1. The van der Waals surface area contributed by atoms with Crippen LogP contribution >= 0.6 is 0 Å². The van der Waals surface area contributed by atoms with Gasteiger partial charge in [0.15, 0.2) is 0 Å². The monoisotopic (exact) mass is 448 g/mol. The molecule has 0 bridgehead atoms. The number of nitrogens with zero attached hydrogens (tertiary/aromatic N) is 2. The summed E-state index contributed by atoms with van der Waals surface area (Å²) >= 11 is 0. The third kappa shape index (κ3) is 6.68. The zero-order valence-electron chi connectivity index (χ0n) is 17.1. The fourth-order valence-electron chi connectivity index (χ4n) is 4.29. The van der Waals surface area contributed by atoms with Crippen LogP contribution in [0.1, 0.15) is 24.8 Å². The zero-order valence-corrected chi connectivity index (χ0v) is 17.1. The zero-order chi connectivity index (χ0) is 22.4. The highest BCUT2D eigenvalue weighted by Gasteiger charge is 2.42. The average molecular weight is 448 g/mol. The molecule has 4 heterocycles. The van der Waals surface area contributed by atoms with Crippen molar-refractivity contribution in [3.63, 3.8) is 0 Å². The minimum absolute atomic E-state index is 0.122. The van der Waals surface area contributed by atoms with Gasteiger partial charge in [-0.1, -0.05) is 0 Å². The fourth-order valence-corrected chi connectivity index (χ4v) is 4.29. The average Bonchev–Trinajstić information content (AvgIpc) is 3.38. The third-order valence-electron chi connectivity index (χ3n) is 5.78. The lowest BCUT2D eigenvalue weighted by Gasteiger charge is -2.34. The topological polar surface area (TPSA) is 92.5 Å². The van der Waals surface area contributed by atoms with Gasteiger partial charge in [0.2, 0.25) is 5.91 Å². The van der Waals surface area contributed by atoms with E-state index in [2.05, 4.69) is 4.90 Å². The van der Waals surface area contributed by atoms with E-state index < -0.39 is 12.1 Å². The Balaban J connectivity index is 0.000000339. The Morgan fingerprint density at radius 3 is 2.58 bits per heavy atom. The first-order valence-electron chi connectivity index (χ1n) is 10.3. The molecule has 1 amide bonds. The number of likely N-dealkylation sites (tertiary alicyclic amines) is 1. The number of carboxylic acids is 1. The van der Waals surface area contributed by atoms with E-state index in [4.69, 9.17) is 23.9 Å². The summed E-state index contributed by atoms with van der Waals surface area (Å²) in [6, 6.07) is 2.02. The largest absolute Gasteiger partial charge is 0.490 e. The second-order valence-electron chi connectivity index (χ2n) is 8.09.